The molecule has 448 valence electrons. The van der Waals surface area contributed by atoms with Crippen LogP contribution in [0.25, 0.3) is 0 Å². The summed E-state index contributed by atoms with van der Waals surface area (Å²) in [4.78, 5) is 101. The Morgan fingerprint density at radius 3 is 0.143 bits per heavy atom. The predicted octanol–water partition coefficient (Wildman–Crippen LogP) is 7.95. The van der Waals surface area contributed by atoms with Crippen LogP contribution < -0.4 is 0 Å². The van der Waals surface area contributed by atoms with Crippen LogP contribution in [0.5, 0.6) is 0 Å². The fourth-order valence-corrected chi connectivity index (χ4v) is 0. The number of hydrogen-bond donors (Lipinski definition) is 13. The molecule has 41 heteroatoms. The Morgan fingerprint density at radius 2 is 0.143 bits per heavy atom. The topological polar surface area (TPSA) is 502 Å². The van der Waals surface area contributed by atoms with Gasteiger partial charge >= 0.3 is 30.4 Å². The molecule has 0 heterocycles. The summed E-state index contributed by atoms with van der Waals surface area (Å²) in [6.45, 7) is 42.5. The molecule has 0 spiro atoms. The Balaban J connectivity index is -0.0000000402. The van der Waals surface area contributed by atoms with Crippen LogP contribution in [0, 0.1) is 0 Å². The molecule has 0 fully saturated rings. The van der Waals surface area contributed by atoms with E-state index in [-0.39, 0.29) is 0 Å². The van der Waals surface area contributed by atoms with Gasteiger partial charge in [0.05, 0.1) is 35.7 Å². The summed E-state index contributed by atoms with van der Waals surface area (Å²) >= 11 is 0. The highest BCUT2D eigenvalue weighted by Crippen LogP contribution is 2.32. The highest BCUT2D eigenvalue weighted by molar-refractivity contribution is 7.63. The zero-order valence-electron chi connectivity index (χ0n) is 46.8. The molecule has 0 rings (SSSR count). The minimum Gasteiger partial charge on any atom is -0.345 e. The van der Waals surface area contributed by atoms with Gasteiger partial charge in [-0.15, -0.1) is 0 Å². The summed E-state index contributed by atoms with van der Waals surface area (Å²) in [5.74, 6) is 0. The first kappa shape index (κ1) is 108. The highest BCUT2D eigenvalue weighted by Gasteiger charge is 1.98. The van der Waals surface area contributed by atoms with Crippen LogP contribution in [0.1, 0.15) is 0 Å². The fraction of sp³-hybridized carbons (Fsp3) is 1.00. The van der Waals surface area contributed by atoms with E-state index in [1.807, 2.05) is 0 Å². The van der Waals surface area contributed by atoms with Crippen molar-refractivity contribution >= 4 is 103 Å². The zero-order valence-corrected chi connectivity index (χ0v) is 59.3. The van der Waals surface area contributed by atoms with Crippen LogP contribution in [0.2, 0.25) is 0 Å². The van der Waals surface area contributed by atoms with Crippen molar-refractivity contribution < 1.29 is 128 Å². The Bertz CT molecular complexity index is 1290. The molecule has 0 aliphatic rings. The molecule has 0 unspecified atom stereocenters. The van der Waals surface area contributed by atoms with E-state index in [2.05, 4.69) is 0 Å². The quantitative estimate of drug-likeness (QED) is 0.102. The highest BCUT2D eigenvalue weighted by atomic mass is 31.2. The van der Waals surface area contributed by atoms with Gasteiger partial charge in [0, 0.05) is 93.3 Å². The number of rotatable bonds is 0. The minimum absolute atomic E-state index is 0.854. The lowest BCUT2D eigenvalue weighted by Gasteiger charge is -1.86. The van der Waals surface area contributed by atoms with E-state index < -0.39 is 103 Å². The molecule has 0 aromatic rings. The molecule has 27 nitrogen and oxygen atoms in total. The van der Waals surface area contributed by atoms with E-state index in [1.165, 1.54) is 66.6 Å². The molecule has 0 aromatic heterocycles. The summed E-state index contributed by atoms with van der Waals surface area (Å²) in [6, 6.07) is 0. The maximum absolute atomic E-state index is 10.2. The maximum Gasteiger partial charge on any atom is 0.322 e. The molecular formula is C29H100O27P14. The van der Waals surface area contributed by atoms with Crippen molar-refractivity contribution in [3.63, 3.8) is 0 Å². The summed E-state index contributed by atoms with van der Waals surface area (Å²) in [5, 5.41) is 0. The minimum atomic E-state index is -3.64. The van der Waals surface area contributed by atoms with Crippen LogP contribution in [0.4, 0.5) is 0 Å². The molecule has 0 aromatic carbocycles. The molecule has 0 saturated carbocycles. The van der Waals surface area contributed by atoms with Crippen LogP contribution in [0.3, 0.4) is 0 Å². The third kappa shape index (κ3) is 47100. The lowest BCUT2D eigenvalue weighted by atomic mass is 11.9. The molecule has 0 bridgehead atoms. The summed E-state index contributed by atoms with van der Waals surface area (Å²) in [7, 11) is -35.9. The smallest absolute Gasteiger partial charge is 0.322 e. The van der Waals surface area contributed by atoms with Crippen molar-refractivity contribution in [1.82, 2.24) is 0 Å². The normalized spacial score (nSPS) is 11.8. The largest absolute Gasteiger partial charge is 0.345 e. The molecule has 70 heavy (non-hydrogen) atoms. The monoisotopic (exact) mass is 1310 g/mol. The van der Waals surface area contributed by atoms with E-state index in [0.29, 0.717) is 0 Å². The van der Waals surface area contributed by atoms with E-state index in [1.54, 1.807) is 100.0 Å². The van der Waals surface area contributed by atoms with Crippen molar-refractivity contribution in [2.45, 2.75) is 0 Å². The summed E-state index contributed by atoms with van der Waals surface area (Å²) < 4.78 is 137. The second-order valence-corrected chi connectivity index (χ2v) is 57.8. The molecule has 0 aliphatic heterocycles. The Hall–Kier alpha value is 2.70. The van der Waals surface area contributed by atoms with Gasteiger partial charge < -0.3 is 86.4 Å². The van der Waals surface area contributed by atoms with Crippen LogP contribution in [-0.4, -0.2) is 257 Å². The Labute approximate surface area is 422 Å². The zero-order chi connectivity index (χ0) is 63.0. The molecule has 13 N–H and O–H groups in total. The van der Waals surface area contributed by atoms with Crippen molar-refractivity contribution in [1.29, 1.82) is 0 Å². The van der Waals surface area contributed by atoms with Gasteiger partial charge in [-0.1, -0.05) is 0 Å². The van der Waals surface area contributed by atoms with Crippen molar-refractivity contribution in [2.75, 3.05) is 193 Å². The Kier molecular flexibility index (Phi) is 73.9. The van der Waals surface area contributed by atoms with Gasteiger partial charge in [0.15, 0.2) is 36.8 Å². The second-order valence-electron chi connectivity index (χ2n) is 19.3. The average Bonchev–Trinajstić information content (AvgIpc) is 2.60. The first-order valence-corrected chi connectivity index (χ1v) is 54.4. The van der Waals surface area contributed by atoms with Crippen molar-refractivity contribution in [2.24, 2.45) is 0 Å². The molecule has 0 aliphatic carbocycles. The SMILES string of the molecule is CP(=O)(O)O.CP(=O)(O)O.CP(=O)(O)O.CP(=O)(O)O.CP(C)(=O)O.CP(C)(=O)O.CP(C)(=O)O.CP(C)(=O)O.CP(C)(=O)O.CP(C)(C)=O.CP(C)(C)=O.CP(C)(C)=O.CP(C)(C)=O.CP(C)(C)=O. The first-order chi connectivity index (χ1) is 28.0. The van der Waals surface area contributed by atoms with Gasteiger partial charge in [-0.2, -0.15) is 0 Å². The van der Waals surface area contributed by atoms with Gasteiger partial charge in [0.2, 0.25) is 0 Å². The maximum atomic E-state index is 10.2. The lowest BCUT2D eigenvalue weighted by Crippen LogP contribution is -1.64. The third-order valence-corrected chi connectivity index (χ3v) is 0. The van der Waals surface area contributed by atoms with E-state index in [4.69, 9.17) is 63.6 Å². The van der Waals surface area contributed by atoms with Gasteiger partial charge in [0.1, 0.15) is 0 Å². The van der Waals surface area contributed by atoms with E-state index in [9.17, 15) is 63.9 Å². The first-order valence-electron chi connectivity index (χ1n) is 18.1. The standard InChI is InChI=1S/5C3H9OP.5C2H7O2P.4CH5O3P/c14*1-5(2,3)4/h5*1-3H3;5*1-2H3,(H,3,4);4*1H3,(H2,2,3,4). The summed E-state index contributed by atoms with van der Waals surface area (Å²) in [6.07, 6.45) is 0. The Morgan fingerprint density at radius 1 is 0.143 bits per heavy atom. The fourth-order valence-electron chi connectivity index (χ4n) is 0. The van der Waals surface area contributed by atoms with Crippen LogP contribution >= 0.6 is 103 Å². The predicted molar refractivity (Wildman–Crippen MR) is 307 cm³/mol. The van der Waals surface area contributed by atoms with Gasteiger partial charge in [-0.05, 0) is 100.0 Å². The van der Waals surface area contributed by atoms with Crippen molar-refractivity contribution in [3.8, 4) is 0 Å². The molecule has 0 saturated heterocycles. The van der Waals surface area contributed by atoms with Crippen LogP contribution in [0.15, 0.2) is 0 Å². The van der Waals surface area contributed by atoms with E-state index >= 15 is 0 Å². The molecule has 0 atom stereocenters. The molecule has 0 radical (unpaired) electrons. The van der Waals surface area contributed by atoms with Crippen LogP contribution in [-0.2, 0) is 63.9 Å². The van der Waals surface area contributed by atoms with Gasteiger partial charge in [-0.3, -0.25) is 41.1 Å². The lowest BCUT2D eigenvalue weighted by molar-refractivity contribution is 0.379. The second kappa shape index (κ2) is 47.7. The van der Waals surface area contributed by atoms with Gasteiger partial charge in [0.25, 0.3) is 0 Å². The van der Waals surface area contributed by atoms with Gasteiger partial charge in [-0.25, -0.2) is 0 Å². The molecule has 0 amide bonds. The molecular weight excluding hydrogens is 1210 g/mol. The third-order valence-electron chi connectivity index (χ3n) is 0. The number of hydrogen-bond acceptors (Lipinski definition) is 14. The van der Waals surface area contributed by atoms with Crippen molar-refractivity contribution in [3.05, 3.63) is 0 Å². The average molecular weight is 1310 g/mol. The summed E-state index contributed by atoms with van der Waals surface area (Å²) in [5.41, 5.74) is 0. The van der Waals surface area contributed by atoms with E-state index in [0.717, 1.165) is 26.7 Å².